The summed E-state index contributed by atoms with van der Waals surface area (Å²) in [4.78, 5) is 17.8. The Hall–Kier alpha value is -3.15. The minimum Gasteiger partial charge on any atom is -0.462 e. The summed E-state index contributed by atoms with van der Waals surface area (Å²) in [6.45, 7) is 10.3. The van der Waals surface area contributed by atoms with Crippen molar-refractivity contribution >= 4 is 33.8 Å². The van der Waals surface area contributed by atoms with Crippen LogP contribution in [0.1, 0.15) is 133 Å². The number of hydrogen-bond acceptors (Lipinski definition) is 5. The number of fused-ring (bicyclic) bond motifs is 1. The van der Waals surface area contributed by atoms with Gasteiger partial charge in [0, 0.05) is 35.1 Å². The van der Waals surface area contributed by atoms with E-state index >= 15 is 0 Å². The largest absolute Gasteiger partial charge is 0.462 e. The van der Waals surface area contributed by atoms with Gasteiger partial charge in [-0.15, -0.1) is 11.3 Å². The highest BCUT2D eigenvalue weighted by Crippen LogP contribution is 2.37. The Kier molecular flexibility index (Phi) is 15.7. The molecule has 0 radical (unpaired) electrons. The van der Waals surface area contributed by atoms with E-state index in [-0.39, 0.29) is 5.97 Å². The standard InChI is InChI=1S/C45H61NO3S/c1-4-6-8-10-12-13-15-17-31-49-45(47)40-21-19-36-33-39(20-18-37(36)34-40)44-25-24-43(50-44)38-22-23-42(35(3)32-38)46-28-26-41(27-29-46)48-30-16-14-11-9-7-5-2/h18-25,32-34,41H,4-17,26-31H2,1-3H3. The summed E-state index contributed by atoms with van der Waals surface area (Å²) in [6, 6.07) is 23.9. The predicted octanol–water partition coefficient (Wildman–Crippen LogP) is 13.2. The summed E-state index contributed by atoms with van der Waals surface area (Å²) in [7, 11) is 0. The molecule has 0 unspecified atom stereocenters. The smallest absolute Gasteiger partial charge is 0.338 e. The Bertz CT molecular complexity index is 1600. The Morgan fingerprint density at radius 3 is 1.88 bits per heavy atom. The lowest BCUT2D eigenvalue weighted by atomic mass is 10.0. The molecule has 4 nitrogen and oxygen atoms in total. The summed E-state index contributed by atoms with van der Waals surface area (Å²) >= 11 is 1.84. The minimum absolute atomic E-state index is 0.222. The van der Waals surface area contributed by atoms with E-state index in [9.17, 15) is 4.79 Å². The number of carbonyl (C=O) groups excluding carboxylic acids is 1. The van der Waals surface area contributed by atoms with Crippen molar-refractivity contribution in [3.8, 4) is 20.9 Å². The van der Waals surface area contributed by atoms with E-state index < -0.39 is 0 Å². The van der Waals surface area contributed by atoms with Crippen molar-refractivity contribution < 1.29 is 14.3 Å². The molecule has 270 valence electrons. The van der Waals surface area contributed by atoms with E-state index in [4.69, 9.17) is 9.47 Å². The number of thiophene rings is 1. The molecule has 0 atom stereocenters. The molecular weight excluding hydrogens is 635 g/mol. The van der Waals surface area contributed by atoms with Crippen molar-refractivity contribution in [2.45, 2.75) is 130 Å². The zero-order chi connectivity index (χ0) is 35.0. The van der Waals surface area contributed by atoms with Crippen LogP contribution in [0.3, 0.4) is 0 Å². The van der Waals surface area contributed by atoms with Crippen molar-refractivity contribution in [1.29, 1.82) is 0 Å². The fraction of sp³-hybridized carbons (Fsp3) is 0.533. The number of anilines is 1. The zero-order valence-electron chi connectivity index (χ0n) is 31.2. The second-order valence-electron chi connectivity index (χ2n) is 14.4. The van der Waals surface area contributed by atoms with Crippen LogP contribution < -0.4 is 4.90 Å². The molecule has 1 aliphatic rings. The van der Waals surface area contributed by atoms with Crippen molar-refractivity contribution in [2.24, 2.45) is 0 Å². The van der Waals surface area contributed by atoms with Gasteiger partial charge in [-0.1, -0.05) is 115 Å². The third-order valence-electron chi connectivity index (χ3n) is 10.3. The molecule has 0 bridgehead atoms. The van der Waals surface area contributed by atoms with Crippen LogP contribution in [-0.2, 0) is 9.47 Å². The molecule has 5 heteroatoms. The van der Waals surface area contributed by atoms with Crippen LogP contribution in [0.25, 0.3) is 31.7 Å². The molecule has 3 aromatic carbocycles. The maximum atomic E-state index is 12.7. The van der Waals surface area contributed by atoms with Gasteiger partial charge in [-0.05, 0) is 103 Å². The quantitative estimate of drug-likeness (QED) is 0.0642. The van der Waals surface area contributed by atoms with Crippen LogP contribution in [-0.4, -0.2) is 38.4 Å². The van der Waals surface area contributed by atoms with Crippen LogP contribution in [0.4, 0.5) is 5.69 Å². The van der Waals surface area contributed by atoms with Gasteiger partial charge in [-0.3, -0.25) is 0 Å². The third-order valence-corrected chi connectivity index (χ3v) is 11.5. The van der Waals surface area contributed by atoms with Gasteiger partial charge in [-0.25, -0.2) is 4.79 Å². The maximum absolute atomic E-state index is 12.7. The van der Waals surface area contributed by atoms with Crippen molar-refractivity contribution in [3.63, 3.8) is 0 Å². The first-order chi connectivity index (χ1) is 24.6. The summed E-state index contributed by atoms with van der Waals surface area (Å²) in [5.74, 6) is -0.222. The normalized spacial score (nSPS) is 13.7. The number of aryl methyl sites for hydroxylation is 1. The highest BCUT2D eigenvalue weighted by atomic mass is 32.1. The molecule has 0 N–H and O–H groups in total. The van der Waals surface area contributed by atoms with Gasteiger partial charge in [0.25, 0.3) is 0 Å². The predicted molar refractivity (Wildman–Crippen MR) is 215 cm³/mol. The Morgan fingerprint density at radius 2 is 1.22 bits per heavy atom. The second kappa shape index (κ2) is 20.6. The summed E-state index contributed by atoms with van der Waals surface area (Å²) in [5.41, 5.74) is 5.79. The number of esters is 1. The maximum Gasteiger partial charge on any atom is 0.338 e. The summed E-state index contributed by atoms with van der Waals surface area (Å²) in [6.07, 6.45) is 20.4. The fourth-order valence-corrected chi connectivity index (χ4v) is 8.22. The van der Waals surface area contributed by atoms with E-state index in [1.54, 1.807) is 0 Å². The Labute approximate surface area is 306 Å². The number of benzene rings is 3. The molecule has 2 heterocycles. The SMILES string of the molecule is CCCCCCCCCCOC(=O)c1ccc2cc(-c3ccc(-c4ccc(N5CCC(OCCCCCCCC)CC5)c(C)c4)s3)ccc2c1. The average Bonchev–Trinajstić information content (AvgIpc) is 3.64. The van der Waals surface area contributed by atoms with Crippen LogP contribution in [0.15, 0.2) is 66.7 Å². The first-order valence-corrected chi connectivity index (χ1v) is 20.7. The van der Waals surface area contributed by atoms with Crippen LogP contribution >= 0.6 is 11.3 Å². The number of rotatable bonds is 21. The molecule has 0 spiro atoms. The Balaban J connectivity index is 1.09. The number of ether oxygens (including phenoxy) is 2. The molecule has 1 aliphatic heterocycles. The first-order valence-electron chi connectivity index (χ1n) is 19.8. The van der Waals surface area contributed by atoms with Gasteiger partial charge in [0.15, 0.2) is 0 Å². The molecule has 1 aromatic heterocycles. The van der Waals surface area contributed by atoms with Gasteiger partial charge in [0.05, 0.1) is 18.3 Å². The van der Waals surface area contributed by atoms with Gasteiger partial charge in [-0.2, -0.15) is 0 Å². The molecule has 4 aromatic rings. The highest BCUT2D eigenvalue weighted by molar-refractivity contribution is 7.18. The zero-order valence-corrected chi connectivity index (χ0v) is 32.0. The highest BCUT2D eigenvalue weighted by Gasteiger charge is 2.21. The van der Waals surface area contributed by atoms with Crippen LogP contribution in [0, 0.1) is 6.92 Å². The molecule has 0 aliphatic carbocycles. The number of nitrogens with zero attached hydrogens (tertiary/aromatic N) is 1. The molecular formula is C45H61NO3S. The molecule has 0 amide bonds. The molecule has 0 saturated carbocycles. The summed E-state index contributed by atoms with van der Waals surface area (Å²) < 4.78 is 11.8. The Morgan fingerprint density at radius 1 is 0.660 bits per heavy atom. The van der Waals surface area contributed by atoms with E-state index in [0.717, 1.165) is 56.2 Å². The molecule has 1 saturated heterocycles. The molecule has 50 heavy (non-hydrogen) atoms. The lowest BCUT2D eigenvalue weighted by Crippen LogP contribution is -2.37. The van der Waals surface area contributed by atoms with Crippen molar-refractivity contribution in [2.75, 3.05) is 31.2 Å². The third kappa shape index (κ3) is 11.4. The van der Waals surface area contributed by atoms with Gasteiger partial charge >= 0.3 is 5.97 Å². The number of carbonyl (C=O) groups is 1. The van der Waals surface area contributed by atoms with Crippen LogP contribution in [0.5, 0.6) is 0 Å². The van der Waals surface area contributed by atoms with Gasteiger partial charge < -0.3 is 14.4 Å². The minimum atomic E-state index is -0.222. The van der Waals surface area contributed by atoms with Crippen molar-refractivity contribution in [1.82, 2.24) is 0 Å². The van der Waals surface area contributed by atoms with Gasteiger partial charge in [0.2, 0.25) is 0 Å². The number of unbranched alkanes of at least 4 members (excludes halogenated alkanes) is 12. The summed E-state index contributed by atoms with van der Waals surface area (Å²) in [5, 5.41) is 2.19. The molecule has 5 rings (SSSR count). The van der Waals surface area contributed by atoms with E-state index in [2.05, 4.69) is 74.2 Å². The lowest BCUT2D eigenvalue weighted by molar-refractivity contribution is 0.0347. The first kappa shape index (κ1) is 38.1. The fourth-order valence-electron chi connectivity index (χ4n) is 7.22. The van der Waals surface area contributed by atoms with Crippen molar-refractivity contribution in [3.05, 3.63) is 77.9 Å². The van der Waals surface area contributed by atoms with E-state index in [1.807, 2.05) is 29.5 Å². The topological polar surface area (TPSA) is 38.8 Å². The van der Waals surface area contributed by atoms with E-state index in [1.165, 1.54) is 109 Å². The molecule has 1 fully saturated rings. The lowest BCUT2D eigenvalue weighted by Gasteiger charge is -2.34. The van der Waals surface area contributed by atoms with Crippen LogP contribution in [0.2, 0.25) is 0 Å². The monoisotopic (exact) mass is 695 g/mol. The number of hydrogen-bond donors (Lipinski definition) is 0. The average molecular weight is 696 g/mol. The van der Waals surface area contributed by atoms with E-state index in [0.29, 0.717) is 18.3 Å². The second-order valence-corrected chi connectivity index (χ2v) is 15.5. The number of piperidine rings is 1. The van der Waals surface area contributed by atoms with Gasteiger partial charge in [0.1, 0.15) is 0 Å².